The highest BCUT2D eigenvalue weighted by atomic mass is 127. The van der Waals surface area contributed by atoms with Gasteiger partial charge in [0.15, 0.2) is 5.75 Å². The summed E-state index contributed by atoms with van der Waals surface area (Å²) in [5, 5.41) is 0. The Labute approximate surface area is 109 Å². The Hall–Kier alpha value is -1.23. The first-order valence-electron chi connectivity index (χ1n) is 4.95. The molecule has 0 saturated heterocycles. The molecule has 2 nitrogen and oxygen atoms in total. The predicted octanol–water partition coefficient (Wildman–Crippen LogP) is 3.97. The lowest BCUT2D eigenvalue weighted by Crippen LogP contribution is -1.92. The minimum Gasteiger partial charge on any atom is -0.455 e. The summed E-state index contributed by atoms with van der Waals surface area (Å²) < 4.78 is 6.88. The molecule has 0 aliphatic heterocycles. The van der Waals surface area contributed by atoms with Crippen LogP contribution in [0, 0.1) is 10.5 Å². The number of nitrogens with two attached hydrogens (primary N) is 1. The van der Waals surface area contributed by atoms with Crippen LogP contribution in [0.3, 0.4) is 0 Å². The van der Waals surface area contributed by atoms with Crippen molar-refractivity contribution in [3.8, 4) is 11.5 Å². The van der Waals surface area contributed by atoms with E-state index in [1.807, 2.05) is 49.4 Å². The van der Waals surface area contributed by atoms with Crippen molar-refractivity contribution >= 4 is 28.3 Å². The van der Waals surface area contributed by atoms with Crippen molar-refractivity contribution in [2.24, 2.45) is 0 Å². The molecule has 2 aromatic rings. The maximum Gasteiger partial charge on any atom is 0.150 e. The third kappa shape index (κ3) is 2.66. The smallest absolute Gasteiger partial charge is 0.150 e. The minimum atomic E-state index is 0.657. The van der Waals surface area contributed by atoms with Crippen LogP contribution in [-0.4, -0.2) is 0 Å². The maximum absolute atomic E-state index is 5.85. The Morgan fingerprint density at radius 2 is 1.94 bits per heavy atom. The number of hydrogen-bond donors (Lipinski definition) is 1. The van der Waals surface area contributed by atoms with Gasteiger partial charge in [0.1, 0.15) is 5.75 Å². The molecule has 16 heavy (non-hydrogen) atoms. The van der Waals surface area contributed by atoms with Gasteiger partial charge in [-0.2, -0.15) is 0 Å². The summed E-state index contributed by atoms with van der Waals surface area (Å²) in [6, 6.07) is 13.6. The second kappa shape index (κ2) is 4.74. The van der Waals surface area contributed by atoms with Crippen LogP contribution in [0.25, 0.3) is 0 Å². The fourth-order valence-electron chi connectivity index (χ4n) is 1.39. The van der Waals surface area contributed by atoms with E-state index in [1.54, 1.807) is 0 Å². The topological polar surface area (TPSA) is 35.2 Å². The van der Waals surface area contributed by atoms with E-state index >= 15 is 0 Å². The largest absolute Gasteiger partial charge is 0.455 e. The molecule has 0 spiro atoms. The number of anilines is 1. The summed E-state index contributed by atoms with van der Waals surface area (Å²) in [6.07, 6.45) is 0. The first-order chi connectivity index (χ1) is 7.65. The molecule has 0 atom stereocenters. The zero-order valence-electron chi connectivity index (χ0n) is 8.91. The average molecular weight is 325 g/mol. The van der Waals surface area contributed by atoms with Crippen molar-refractivity contribution < 1.29 is 4.74 Å². The molecule has 0 saturated carbocycles. The molecule has 2 N–H and O–H groups in total. The lowest BCUT2D eigenvalue weighted by Gasteiger charge is -2.09. The first kappa shape index (κ1) is 11.3. The van der Waals surface area contributed by atoms with Crippen LogP contribution in [0.4, 0.5) is 5.69 Å². The molecule has 0 amide bonds. The fraction of sp³-hybridized carbons (Fsp3) is 0.0769. The Bertz CT molecular complexity index is 511. The Balaban J connectivity index is 2.30. The fourth-order valence-corrected chi connectivity index (χ4v) is 1.90. The summed E-state index contributed by atoms with van der Waals surface area (Å²) >= 11 is 2.25. The van der Waals surface area contributed by atoms with E-state index in [4.69, 9.17) is 10.5 Å². The quantitative estimate of drug-likeness (QED) is 0.670. The Kier molecular flexibility index (Phi) is 3.33. The monoisotopic (exact) mass is 325 g/mol. The molecule has 0 aliphatic carbocycles. The van der Waals surface area contributed by atoms with Gasteiger partial charge in [0.2, 0.25) is 0 Å². The van der Waals surface area contributed by atoms with E-state index < -0.39 is 0 Å². The van der Waals surface area contributed by atoms with Gasteiger partial charge in [0.05, 0.1) is 5.69 Å². The van der Waals surface area contributed by atoms with Crippen molar-refractivity contribution in [2.45, 2.75) is 6.92 Å². The van der Waals surface area contributed by atoms with Crippen LogP contribution in [0.1, 0.15) is 5.56 Å². The highest BCUT2D eigenvalue weighted by Crippen LogP contribution is 2.28. The number of benzene rings is 2. The van der Waals surface area contributed by atoms with Crippen molar-refractivity contribution in [2.75, 3.05) is 5.73 Å². The molecule has 0 unspecified atom stereocenters. The van der Waals surface area contributed by atoms with Gasteiger partial charge < -0.3 is 10.5 Å². The standard InChI is InChI=1S/C13H12INO/c1-9-5-6-12(15)13(7-9)16-11-4-2-3-10(14)8-11/h2-8H,15H2,1H3. The summed E-state index contributed by atoms with van der Waals surface area (Å²) in [4.78, 5) is 0. The zero-order chi connectivity index (χ0) is 11.5. The summed E-state index contributed by atoms with van der Waals surface area (Å²) in [6.45, 7) is 2.01. The SMILES string of the molecule is Cc1ccc(N)c(Oc2cccc(I)c2)c1. The van der Waals surface area contributed by atoms with Crippen LogP contribution in [0.2, 0.25) is 0 Å². The van der Waals surface area contributed by atoms with Gasteiger partial charge in [-0.15, -0.1) is 0 Å². The summed E-state index contributed by atoms with van der Waals surface area (Å²) in [5.74, 6) is 1.52. The van der Waals surface area contributed by atoms with E-state index in [9.17, 15) is 0 Å². The number of aryl methyl sites for hydroxylation is 1. The zero-order valence-corrected chi connectivity index (χ0v) is 11.1. The van der Waals surface area contributed by atoms with Gasteiger partial charge in [-0.1, -0.05) is 12.1 Å². The Morgan fingerprint density at radius 1 is 1.12 bits per heavy atom. The van der Waals surface area contributed by atoms with Gasteiger partial charge in [-0.3, -0.25) is 0 Å². The van der Waals surface area contributed by atoms with Gasteiger partial charge >= 0.3 is 0 Å². The normalized spacial score (nSPS) is 10.1. The predicted molar refractivity (Wildman–Crippen MR) is 74.8 cm³/mol. The van der Waals surface area contributed by atoms with Crippen LogP contribution in [-0.2, 0) is 0 Å². The van der Waals surface area contributed by atoms with Crippen LogP contribution in [0.15, 0.2) is 42.5 Å². The number of hydrogen-bond acceptors (Lipinski definition) is 2. The number of halogens is 1. The van der Waals surface area contributed by atoms with Gasteiger partial charge in [-0.25, -0.2) is 0 Å². The molecule has 0 aromatic heterocycles. The van der Waals surface area contributed by atoms with E-state index in [0.717, 1.165) is 14.9 Å². The third-order valence-corrected chi connectivity index (χ3v) is 2.86. The molecule has 2 rings (SSSR count). The highest BCUT2D eigenvalue weighted by Gasteiger charge is 2.02. The molecule has 0 bridgehead atoms. The van der Waals surface area contributed by atoms with Crippen molar-refractivity contribution in [1.29, 1.82) is 0 Å². The van der Waals surface area contributed by atoms with Crippen molar-refractivity contribution in [3.05, 3.63) is 51.6 Å². The molecular weight excluding hydrogens is 313 g/mol. The first-order valence-corrected chi connectivity index (χ1v) is 6.02. The Morgan fingerprint density at radius 3 is 2.69 bits per heavy atom. The molecule has 0 heterocycles. The van der Waals surface area contributed by atoms with E-state index in [2.05, 4.69) is 22.6 Å². The number of nitrogen functional groups attached to an aromatic ring is 1. The molecule has 82 valence electrons. The van der Waals surface area contributed by atoms with E-state index in [1.165, 1.54) is 0 Å². The lowest BCUT2D eigenvalue weighted by molar-refractivity contribution is 0.484. The molecular formula is C13H12INO. The van der Waals surface area contributed by atoms with Gasteiger partial charge in [0.25, 0.3) is 0 Å². The van der Waals surface area contributed by atoms with Gasteiger partial charge in [0, 0.05) is 3.57 Å². The number of ether oxygens (including phenoxy) is 1. The van der Waals surface area contributed by atoms with Crippen LogP contribution >= 0.6 is 22.6 Å². The second-order valence-electron chi connectivity index (χ2n) is 3.60. The molecule has 2 aromatic carbocycles. The average Bonchev–Trinajstić information content (AvgIpc) is 2.24. The van der Waals surface area contributed by atoms with Crippen LogP contribution < -0.4 is 10.5 Å². The summed E-state index contributed by atoms with van der Waals surface area (Å²) in [7, 11) is 0. The lowest BCUT2D eigenvalue weighted by atomic mass is 10.2. The molecule has 0 radical (unpaired) electrons. The minimum absolute atomic E-state index is 0.657. The number of rotatable bonds is 2. The molecule has 0 aliphatic rings. The van der Waals surface area contributed by atoms with Crippen molar-refractivity contribution in [1.82, 2.24) is 0 Å². The van der Waals surface area contributed by atoms with E-state index in [-0.39, 0.29) is 0 Å². The van der Waals surface area contributed by atoms with E-state index in [0.29, 0.717) is 11.4 Å². The summed E-state index contributed by atoms with van der Waals surface area (Å²) in [5.41, 5.74) is 7.64. The third-order valence-electron chi connectivity index (χ3n) is 2.19. The molecule has 0 fully saturated rings. The van der Waals surface area contributed by atoms with Crippen molar-refractivity contribution in [3.63, 3.8) is 0 Å². The van der Waals surface area contributed by atoms with Gasteiger partial charge in [-0.05, 0) is 65.4 Å². The van der Waals surface area contributed by atoms with Crippen LogP contribution in [0.5, 0.6) is 11.5 Å². The highest BCUT2D eigenvalue weighted by molar-refractivity contribution is 14.1. The maximum atomic E-state index is 5.85. The second-order valence-corrected chi connectivity index (χ2v) is 4.85. The molecule has 3 heteroatoms.